The molecule has 0 saturated carbocycles. The van der Waals surface area contributed by atoms with Crippen LogP contribution in [0.3, 0.4) is 0 Å². The highest BCUT2D eigenvalue weighted by Gasteiger charge is 2.35. The molecule has 1 unspecified atom stereocenters. The maximum Gasteiger partial charge on any atom is 0.418 e. The molecule has 3 amide bonds. The van der Waals surface area contributed by atoms with Crippen molar-refractivity contribution < 1.29 is 24.2 Å². The number of carbonyl (C=O) groups is 2. The first-order valence-electron chi connectivity index (χ1n) is 7.26. The number of rotatable bonds is 6. The lowest BCUT2D eigenvalue weighted by Gasteiger charge is -2.23. The van der Waals surface area contributed by atoms with E-state index in [1.165, 1.54) is 0 Å². The van der Waals surface area contributed by atoms with Crippen molar-refractivity contribution in [3.05, 3.63) is 0 Å². The van der Waals surface area contributed by atoms with Crippen molar-refractivity contribution in [2.45, 2.75) is 45.8 Å². The average molecular weight is 302 g/mol. The minimum Gasteiger partial charge on any atom is -0.443 e. The molecule has 0 aromatic rings. The smallest absolute Gasteiger partial charge is 0.418 e. The van der Waals surface area contributed by atoms with Crippen LogP contribution in [0.2, 0.25) is 0 Å². The Morgan fingerprint density at radius 2 is 2.05 bits per heavy atom. The van der Waals surface area contributed by atoms with Gasteiger partial charge >= 0.3 is 12.1 Å². The van der Waals surface area contributed by atoms with Crippen molar-refractivity contribution in [2.24, 2.45) is 0 Å². The highest BCUT2D eigenvalue weighted by atomic mass is 16.6. The van der Waals surface area contributed by atoms with Crippen molar-refractivity contribution in [3.8, 4) is 0 Å². The van der Waals surface area contributed by atoms with Gasteiger partial charge in [-0.05, 0) is 34.1 Å². The fourth-order valence-electron chi connectivity index (χ4n) is 1.95. The summed E-state index contributed by atoms with van der Waals surface area (Å²) in [5.74, 6) is 0. The zero-order chi connectivity index (χ0) is 16.0. The number of hydrogen-bond acceptors (Lipinski definition) is 5. The molecule has 0 aromatic carbocycles. The number of aliphatic hydroxyl groups is 1. The minimum atomic E-state index is -0.614. The number of imide groups is 1. The normalized spacial score (nSPS) is 17.3. The Hall–Kier alpha value is -1.34. The molecule has 1 saturated heterocycles. The lowest BCUT2D eigenvalue weighted by Crippen LogP contribution is -2.40. The molecule has 0 radical (unpaired) electrons. The second kappa shape index (κ2) is 7.61. The van der Waals surface area contributed by atoms with E-state index in [4.69, 9.17) is 14.6 Å². The number of amides is 3. The average Bonchev–Trinajstić information content (AvgIpc) is 2.73. The van der Waals surface area contributed by atoms with Crippen LogP contribution in [-0.4, -0.2) is 71.6 Å². The molecule has 122 valence electrons. The van der Waals surface area contributed by atoms with Crippen LogP contribution >= 0.6 is 0 Å². The van der Waals surface area contributed by atoms with Gasteiger partial charge in [0.05, 0.1) is 25.9 Å². The van der Waals surface area contributed by atoms with E-state index in [0.29, 0.717) is 32.7 Å². The second-order valence-corrected chi connectivity index (χ2v) is 6.10. The molecule has 1 heterocycles. The number of aliphatic hydroxyl groups excluding tert-OH is 1. The molecular formula is C14H26N2O5. The van der Waals surface area contributed by atoms with E-state index in [1.54, 1.807) is 25.7 Å². The Labute approximate surface area is 125 Å². The molecule has 0 bridgehead atoms. The van der Waals surface area contributed by atoms with Crippen LogP contribution in [0.15, 0.2) is 0 Å². The highest BCUT2D eigenvalue weighted by molar-refractivity contribution is 5.92. The fourth-order valence-corrected chi connectivity index (χ4v) is 1.95. The van der Waals surface area contributed by atoms with E-state index >= 15 is 0 Å². The van der Waals surface area contributed by atoms with Crippen LogP contribution in [0, 0.1) is 0 Å². The fraction of sp³-hybridized carbons (Fsp3) is 0.857. The van der Waals surface area contributed by atoms with Crippen LogP contribution in [0.5, 0.6) is 0 Å². The predicted molar refractivity (Wildman–Crippen MR) is 77.0 cm³/mol. The zero-order valence-electron chi connectivity index (χ0n) is 13.3. The maximum atomic E-state index is 12.1. The number of nitrogens with zero attached hydrogens (tertiary/aromatic N) is 2. The van der Waals surface area contributed by atoms with Crippen LogP contribution in [0.1, 0.15) is 34.1 Å². The third-order valence-corrected chi connectivity index (χ3v) is 3.01. The molecule has 1 fully saturated rings. The first-order valence-corrected chi connectivity index (χ1v) is 7.26. The van der Waals surface area contributed by atoms with Gasteiger partial charge in [0.2, 0.25) is 0 Å². The Morgan fingerprint density at radius 3 is 2.62 bits per heavy atom. The van der Waals surface area contributed by atoms with E-state index in [1.807, 2.05) is 6.92 Å². The molecule has 0 aliphatic carbocycles. The van der Waals surface area contributed by atoms with Crippen LogP contribution in [-0.2, 0) is 9.47 Å². The van der Waals surface area contributed by atoms with Crippen LogP contribution < -0.4 is 0 Å². The van der Waals surface area contributed by atoms with E-state index < -0.39 is 11.7 Å². The monoisotopic (exact) mass is 302 g/mol. The Bertz CT molecular complexity index is 367. The summed E-state index contributed by atoms with van der Waals surface area (Å²) in [4.78, 5) is 26.8. The summed E-state index contributed by atoms with van der Waals surface area (Å²) in [6.07, 6.45) is 0.0218. The van der Waals surface area contributed by atoms with E-state index in [0.717, 1.165) is 4.90 Å². The number of ether oxygens (including phenoxy) is 2. The van der Waals surface area contributed by atoms with Crippen LogP contribution in [0.25, 0.3) is 0 Å². The SMILES string of the molecule is CC(CCN1CCN(C(=O)OC(C)(C)C)C1=O)OCCO. The van der Waals surface area contributed by atoms with Crippen molar-refractivity contribution in [2.75, 3.05) is 32.8 Å². The van der Waals surface area contributed by atoms with Crippen molar-refractivity contribution in [1.29, 1.82) is 0 Å². The van der Waals surface area contributed by atoms with Gasteiger partial charge in [-0.1, -0.05) is 0 Å². The van der Waals surface area contributed by atoms with Gasteiger partial charge in [0.25, 0.3) is 0 Å². The predicted octanol–water partition coefficient (Wildman–Crippen LogP) is 1.45. The topological polar surface area (TPSA) is 79.3 Å². The van der Waals surface area contributed by atoms with Gasteiger partial charge in [0.15, 0.2) is 0 Å². The van der Waals surface area contributed by atoms with Gasteiger partial charge in [-0.3, -0.25) is 0 Å². The summed E-state index contributed by atoms with van der Waals surface area (Å²) < 4.78 is 10.5. The summed E-state index contributed by atoms with van der Waals surface area (Å²) in [7, 11) is 0. The summed E-state index contributed by atoms with van der Waals surface area (Å²) in [5, 5.41) is 8.68. The van der Waals surface area contributed by atoms with Gasteiger partial charge < -0.3 is 19.5 Å². The lowest BCUT2D eigenvalue weighted by molar-refractivity contribution is 0.0302. The van der Waals surface area contributed by atoms with E-state index in [2.05, 4.69) is 0 Å². The summed E-state index contributed by atoms with van der Waals surface area (Å²) in [5.41, 5.74) is -0.614. The molecule has 1 rings (SSSR count). The van der Waals surface area contributed by atoms with Crippen LogP contribution in [0.4, 0.5) is 9.59 Å². The van der Waals surface area contributed by atoms with Gasteiger partial charge in [0.1, 0.15) is 5.60 Å². The number of carbonyl (C=O) groups excluding carboxylic acids is 2. The summed E-state index contributed by atoms with van der Waals surface area (Å²) in [6.45, 7) is 8.84. The molecule has 1 aliphatic heterocycles. The first-order chi connectivity index (χ1) is 9.74. The zero-order valence-corrected chi connectivity index (χ0v) is 13.3. The van der Waals surface area contributed by atoms with Crippen molar-refractivity contribution in [3.63, 3.8) is 0 Å². The molecule has 21 heavy (non-hydrogen) atoms. The molecule has 1 N–H and O–H groups in total. The molecule has 1 atom stereocenters. The van der Waals surface area contributed by atoms with Gasteiger partial charge in [-0.2, -0.15) is 0 Å². The van der Waals surface area contributed by atoms with E-state index in [-0.39, 0.29) is 18.7 Å². The Morgan fingerprint density at radius 1 is 1.38 bits per heavy atom. The third-order valence-electron chi connectivity index (χ3n) is 3.01. The molecular weight excluding hydrogens is 276 g/mol. The molecule has 0 spiro atoms. The van der Waals surface area contributed by atoms with E-state index in [9.17, 15) is 9.59 Å². The first kappa shape index (κ1) is 17.7. The van der Waals surface area contributed by atoms with Crippen molar-refractivity contribution in [1.82, 2.24) is 9.80 Å². The largest absolute Gasteiger partial charge is 0.443 e. The molecule has 0 aromatic heterocycles. The quantitative estimate of drug-likeness (QED) is 0.803. The Balaban J connectivity index is 2.41. The third kappa shape index (κ3) is 5.89. The lowest BCUT2D eigenvalue weighted by atomic mass is 10.2. The number of urea groups is 1. The Kier molecular flexibility index (Phi) is 6.42. The molecule has 7 heteroatoms. The summed E-state index contributed by atoms with van der Waals surface area (Å²) in [6, 6.07) is -0.321. The summed E-state index contributed by atoms with van der Waals surface area (Å²) >= 11 is 0. The minimum absolute atomic E-state index is 0.0145. The van der Waals surface area contributed by atoms with Gasteiger partial charge in [-0.25, -0.2) is 14.5 Å². The highest BCUT2D eigenvalue weighted by Crippen LogP contribution is 2.16. The second-order valence-electron chi connectivity index (χ2n) is 6.10. The maximum absolute atomic E-state index is 12.1. The van der Waals surface area contributed by atoms with Gasteiger partial charge in [0, 0.05) is 13.1 Å². The number of hydrogen-bond donors (Lipinski definition) is 1. The molecule has 1 aliphatic rings. The van der Waals surface area contributed by atoms with Crippen molar-refractivity contribution >= 4 is 12.1 Å². The standard InChI is InChI=1S/C14H26N2O5/c1-11(20-10-9-17)5-6-15-7-8-16(12(15)18)13(19)21-14(2,3)4/h11,17H,5-10H2,1-4H3. The van der Waals surface area contributed by atoms with Gasteiger partial charge in [-0.15, -0.1) is 0 Å². The molecule has 7 nitrogen and oxygen atoms in total.